The number of amides is 1. The van der Waals surface area contributed by atoms with Crippen LogP contribution >= 0.6 is 11.8 Å². The van der Waals surface area contributed by atoms with Crippen molar-refractivity contribution in [1.29, 1.82) is 0 Å². The monoisotopic (exact) mass is 280 g/mol. The highest BCUT2D eigenvalue weighted by atomic mass is 32.2. The number of nitrogens with one attached hydrogen (secondary N) is 1. The third kappa shape index (κ3) is 4.09. The summed E-state index contributed by atoms with van der Waals surface area (Å²) >= 11 is 1.36. The highest BCUT2D eigenvalue weighted by Crippen LogP contribution is 2.25. The zero-order valence-electron chi connectivity index (χ0n) is 11.1. The van der Waals surface area contributed by atoms with E-state index in [1.54, 1.807) is 12.4 Å². The van der Waals surface area contributed by atoms with Crippen LogP contribution in [0.15, 0.2) is 17.4 Å². The van der Waals surface area contributed by atoms with Gasteiger partial charge in [0.15, 0.2) is 5.82 Å². The van der Waals surface area contributed by atoms with E-state index < -0.39 is 0 Å². The Hall–Kier alpha value is -1.30. The average molecular weight is 280 g/mol. The van der Waals surface area contributed by atoms with Gasteiger partial charge in [0, 0.05) is 18.4 Å². The molecule has 0 bridgehead atoms. The lowest BCUT2D eigenvalue weighted by atomic mass is 9.95. The first-order chi connectivity index (χ1) is 9.16. The average Bonchev–Trinajstić information content (AvgIpc) is 2.42. The molecule has 1 atom stereocenters. The van der Waals surface area contributed by atoms with Crippen molar-refractivity contribution in [1.82, 2.24) is 15.3 Å². The molecule has 1 saturated carbocycles. The summed E-state index contributed by atoms with van der Waals surface area (Å²) in [5.74, 6) is 0.437. The van der Waals surface area contributed by atoms with Crippen LogP contribution in [-0.4, -0.2) is 27.2 Å². The second kappa shape index (κ2) is 6.75. The molecule has 1 fully saturated rings. The van der Waals surface area contributed by atoms with E-state index in [1.165, 1.54) is 31.0 Å². The van der Waals surface area contributed by atoms with E-state index in [0.29, 0.717) is 16.9 Å². The molecule has 0 aromatic carbocycles. The van der Waals surface area contributed by atoms with Crippen molar-refractivity contribution in [2.45, 2.75) is 55.3 Å². The predicted molar refractivity (Wildman–Crippen MR) is 76.8 cm³/mol. The predicted octanol–water partition coefficient (Wildman–Crippen LogP) is 1.99. The third-order valence-corrected chi connectivity index (χ3v) is 4.41. The summed E-state index contributed by atoms with van der Waals surface area (Å²) in [7, 11) is 0. The summed E-state index contributed by atoms with van der Waals surface area (Å²) in [5, 5.41) is 3.52. The Bertz CT molecular complexity index is 434. The Morgan fingerprint density at radius 2 is 2.05 bits per heavy atom. The van der Waals surface area contributed by atoms with Crippen molar-refractivity contribution in [2.75, 3.05) is 5.73 Å². The smallest absolute Gasteiger partial charge is 0.233 e. The SMILES string of the molecule is CC(Sc1nccnc1N)C(=O)NC1CCCCC1. The number of hydrogen-bond acceptors (Lipinski definition) is 5. The van der Waals surface area contributed by atoms with Crippen LogP contribution in [0, 0.1) is 0 Å². The third-order valence-electron chi connectivity index (χ3n) is 3.30. The molecule has 0 radical (unpaired) electrons. The Morgan fingerprint density at radius 3 is 2.74 bits per heavy atom. The highest BCUT2D eigenvalue weighted by Gasteiger charge is 2.21. The lowest BCUT2D eigenvalue weighted by molar-refractivity contribution is -0.121. The van der Waals surface area contributed by atoms with Gasteiger partial charge in [-0.05, 0) is 19.8 Å². The van der Waals surface area contributed by atoms with Crippen molar-refractivity contribution >= 4 is 23.5 Å². The summed E-state index contributed by atoms with van der Waals surface area (Å²) in [4.78, 5) is 20.2. The van der Waals surface area contributed by atoms with Crippen molar-refractivity contribution in [3.8, 4) is 0 Å². The van der Waals surface area contributed by atoms with E-state index >= 15 is 0 Å². The van der Waals surface area contributed by atoms with Gasteiger partial charge >= 0.3 is 0 Å². The molecule has 19 heavy (non-hydrogen) atoms. The minimum atomic E-state index is -0.207. The number of nitrogens with zero attached hydrogens (tertiary/aromatic N) is 2. The molecular formula is C13H20N4OS. The molecule has 0 saturated heterocycles. The van der Waals surface area contributed by atoms with Gasteiger partial charge in [0.2, 0.25) is 5.91 Å². The molecule has 104 valence electrons. The van der Waals surface area contributed by atoms with Crippen molar-refractivity contribution < 1.29 is 4.79 Å². The first-order valence-electron chi connectivity index (χ1n) is 6.70. The summed E-state index contributed by atoms with van der Waals surface area (Å²) in [6.07, 6.45) is 9.03. The van der Waals surface area contributed by atoms with Gasteiger partial charge in [0.25, 0.3) is 0 Å². The van der Waals surface area contributed by atoms with Crippen molar-refractivity contribution in [2.24, 2.45) is 0 Å². The van der Waals surface area contributed by atoms with Gasteiger partial charge in [-0.15, -0.1) is 0 Å². The molecular weight excluding hydrogens is 260 g/mol. The largest absolute Gasteiger partial charge is 0.381 e. The van der Waals surface area contributed by atoms with E-state index in [0.717, 1.165) is 12.8 Å². The molecule has 1 aliphatic rings. The van der Waals surface area contributed by atoms with Gasteiger partial charge in [0.05, 0.1) is 5.25 Å². The standard InChI is InChI=1S/C13H20N4OS/c1-9(19-13-11(14)15-7-8-16-13)12(18)17-10-5-3-2-4-6-10/h7-10H,2-6H2,1H3,(H2,14,15)(H,17,18). The Morgan fingerprint density at radius 1 is 1.37 bits per heavy atom. The molecule has 1 aromatic heterocycles. The van der Waals surface area contributed by atoms with E-state index in [2.05, 4.69) is 15.3 Å². The van der Waals surface area contributed by atoms with Gasteiger partial charge in [-0.25, -0.2) is 9.97 Å². The summed E-state index contributed by atoms with van der Waals surface area (Å²) < 4.78 is 0. The van der Waals surface area contributed by atoms with E-state index in [-0.39, 0.29) is 11.2 Å². The normalized spacial score (nSPS) is 17.9. The van der Waals surface area contributed by atoms with Crippen molar-refractivity contribution in [3.05, 3.63) is 12.4 Å². The molecule has 5 nitrogen and oxygen atoms in total. The second-order valence-corrected chi connectivity index (χ2v) is 6.18. The number of rotatable bonds is 4. The van der Waals surface area contributed by atoms with Gasteiger partial charge < -0.3 is 11.1 Å². The Labute approximate surface area is 117 Å². The number of carbonyl (C=O) groups excluding carboxylic acids is 1. The minimum absolute atomic E-state index is 0.0574. The van der Waals surface area contributed by atoms with Gasteiger partial charge in [-0.1, -0.05) is 31.0 Å². The summed E-state index contributed by atoms with van der Waals surface area (Å²) in [6.45, 7) is 1.87. The highest BCUT2D eigenvalue weighted by molar-refractivity contribution is 8.00. The number of thioether (sulfide) groups is 1. The molecule has 0 aliphatic heterocycles. The Kier molecular flexibility index (Phi) is 5.01. The maximum absolute atomic E-state index is 12.1. The zero-order chi connectivity index (χ0) is 13.7. The van der Waals surface area contributed by atoms with Crippen LogP contribution in [0.2, 0.25) is 0 Å². The molecule has 0 spiro atoms. The number of hydrogen-bond donors (Lipinski definition) is 2. The number of aromatic nitrogens is 2. The van der Waals surface area contributed by atoms with Crippen LogP contribution in [0.5, 0.6) is 0 Å². The van der Waals surface area contributed by atoms with Gasteiger partial charge in [-0.3, -0.25) is 4.79 Å². The number of carbonyl (C=O) groups is 1. The fraction of sp³-hybridized carbons (Fsp3) is 0.615. The van der Waals surface area contributed by atoms with Crippen LogP contribution in [0.4, 0.5) is 5.82 Å². The second-order valence-electron chi connectivity index (χ2n) is 4.85. The molecule has 1 unspecified atom stereocenters. The van der Waals surface area contributed by atoms with Crippen LogP contribution in [0.25, 0.3) is 0 Å². The molecule has 1 heterocycles. The Balaban J connectivity index is 1.87. The van der Waals surface area contributed by atoms with E-state index in [4.69, 9.17) is 5.73 Å². The molecule has 1 amide bonds. The first-order valence-corrected chi connectivity index (χ1v) is 7.58. The van der Waals surface area contributed by atoms with Crippen LogP contribution in [-0.2, 0) is 4.79 Å². The van der Waals surface area contributed by atoms with Gasteiger partial charge in [0.1, 0.15) is 5.03 Å². The summed E-state index contributed by atoms with van der Waals surface area (Å²) in [5.41, 5.74) is 5.73. The lowest BCUT2D eigenvalue weighted by Gasteiger charge is -2.24. The maximum Gasteiger partial charge on any atom is 0.233 e. The quantitative estimate of drug-likeness (QED) is 0.824. The molecule has 1 aliphatic carbocycles. The molecule has 1 aromatic rings. The fourth-order valence-corrected chi connectivity index (χ4v) is 3.02. The molecule has 2 rings (SSSR count). The van der Waals surface area contributed by atoms with Crippen LogP contribution in [0.3, 0.4) is 0 Å². The summed E-state index contributed by atoms with van der Waals surface area (Å²) in [6, 6.07) is 0.337. The van der Waals surface area contributed by atoms with E-state index in [9.17, 15) is 4.79 Å². The van der Waals surface area contributed by atoms with E-state index in [1.807, 2.05) is 6.92 Å². The zero-order valence-corrected chi connectivity index (χ0v) is 11.9. The molecule has 3 N–H and O–H groups in total. The number of nitrogens with two attached hydrogens (primary N) is 1. The number of anilines is 1. The number of nitrogen functional groups attached to an aromatic ring is 1. The van der Waals surface area contributed by atoms with Crippen molar-refractivity contribution in [3.63, 3.8) is 0 Å². The van der Waals surface area contributed by atoms with Gasteiger partial charge in [-0.2, -0.15) is 0 Å². The minimum Gasteiger partial charge on any atom is -0.381 e. The fourth-order valence-electron chi connectivity index (χ4n) is 2.21. The maximum atomic E-state index is 12.1. The lowest BCUT2D eigenvalue weighted by Crippen LogP contribution is -2.40. The van der Waals surface area contributed by atoms with Crippen LogP contribution < -0.4 is 11.1 Å². The first kappa shape index (κ1) is 14.1. The van der Waals surface area contributed by atoms with Crippen LogP contribution in [0.1, 0.15) is 39.0 Å². The molecule has 6 heteroatoms. The topological polar surface area (TPSA) is 80.9 Å².